The highest BCUT2D eigenvalue weighted by atomic mass is 16.5. The van der Waals surface area contributed by atoms with Gasteiger partial charge < -0.3 is 14.4 Å². The van der Waals surface area contributed by atoms with Crippen LogP contribution in [0.25, 0.3) is 0 Å². The summed E-state index contributed by atoms with van der Waals surface area (Å²) in [6, 6.07) is 1.96. The van der Waals surface area contributed by atoms with Crippen molar-refractivity contribution < 1.29 is 9.84 Å². The molecule has 0 bridgehead atoms. The van der Waals surface area contributed by atoms with Crippen molar-refractivity contribution in [3.8, 4) is 0 Å². The summed E-state index contributed by atoms with van der Waals surface area (Å²) in [6.07, 6.45) is 9.31. The second-order valence-corrected chi connectivity index (χ2v) is 4.19. The quantitative estimate of drug-likeness (QED) is 0.804. The Morgan fingerprint density at radius 3 is 3.13 bits per heavy atom. The van der Waals surface area contributed by atoms with Gasteiger partial charge in [-0.3, -0.25) is 0 Å². The van der Waals surface area contributed by atoms with Crippen LogP contribution in [0.3, 0.4) is 0 Å². The molecule has 0 aliphatic carbocycles. The Morgan fingerprint density at radius 1 is 1.53 bits per heavy atom. The molecule has 1 aromatic rings. The van der Waals surface area contributed by atoms with Gasteiger partial charge in [0.2, 0.25) is 0 Å². The van der Waals surface area contributed by atoms with Crippen molar-refractivity contribution in [1.82, 2.24) is 4.57 Å². The minimum Gasteiger partial charge on any atom is -0.392 e. The molecule has 2 rings (SSSR count). The van der Waals surface area contributed by atoms with Crippen molar-refractivity contribution >= 4 is 0 Å². The third-order valence-electron chi connectivity index (χ3n) is 2.96. The summed E-state index contributed by atoms with van der Waals surface area (Å²) in [5.41, 5.74) is 0.993. The first-order chi connectivity index (χ1) is 7.38. The lowest BCUT2D eigenvalue weighted by atomic mass is 10.1. The molecule has 1 fully saturated rings. The Hall–Kier alpha value is -0.800. The maximum absolute atomic E-state index is 8.92. The van der Waals surface area contributed by atoms with Crippen LogP contribution >= 0.6 is 0 Å². The van der Waals surface area contributed by atoms with E-state index in [2.05, 4.69) is 4.57 Å². The minimum absolute atomic E-state index is 0.138. The van der Waals surface area contributed by atoms with E-state index in [0.29, 0.717) is 6.10 Å². The van der Waals surface area contributed by atoms with Crippen molar-refractivity contribution in [1.29, 1.82) is 0 Å². The van der Waals surface area contributed by atoms with E-state index in [0.717, 1.165) is 31.6 Å². The number of aryl methyl sites for hydroxylation is 1. The Kier molecular flexibility index (Phi) is 3.80. The van der Waals surface area contributed by atoms with Gasteiger partial charge in [0, 0.05) is 25.5 Å². The first kappa shape index (κ1) is 10.7. The lowest BCUT2D eigenvalue weighted by molar-refractivity contribution is 0.101. The van der Waals surface area contributed by atoms with Gasteiger partial charge in [-0.05, 0) is 37.3 Å². The van der Waals surface area contributed by atoms with Gasteiger partial charge in [0.15, 0.2) is 0 Å². The average Bonchev–Trinajstić information content (AvgIpc) is 2.88. The summed E-state index contributed by atoms with van der Waals surface area (Å²) in [4.78, 5) is 0. The number of aromatic nitrogens is 1. The van der Waals surface area contributed by atoms with Crippen LogP contribution in [0.15, 0.2) is 18.5 Å². The van der Waals surface area contributed by atoms with E-state index >= 15 is 0 Å². The molecule has 0 radical (unpaired) electrons. The predicted molar refractivity (Wildman–Crippen MR) is 58.6 cm³/mol. The SMILES string of the molecule is OCc1ccn(CCCC2CCCO2)c1. The molecule has 1 aromatic heterocycles. The maximum Gasteiger partial charge on any atom is 0.0696 e. The lowest BCUT2D eigenvalue weighted by Crippen LogP contribution is -2.06. The fourth-order valence-corrected chi connectivity index (χ4v) is 2.10. The normalized spacial score (nSPS) is 21.0. The number of ether oxygens (including phenoxy) is 1. The van der Waals surface area contributed by atoms with Gasteiger partial charge in [-0.1, -0.05) is 0 Å². The molecule has 0 saturated carbocycles. The number of rotatable bonds is 5. The number of aliphatic hydroxyl groups is 1. The van der Waals surface area contributed by atoms with Crippen LogP contribution < -0.4 is 0 Å². The Morgan fingerprint density at radius 2 is 2.47 bits per heavy atom. The van der Waals surface area contributed by atoms with E-state index in [-0.39, 0.29) is 6.61 Å². The number of nitrogens with zero attached hydrogens (tertiary/aromatic N) is 1. The van der Waals surface area contributed by atoms with E-state index in [1.165, 1.54) is 12.8 Å². The molecule has 0 aromatic carbocycles. The summed E-state index contributed by atoms with van der Waals surface area (Å²) >= 11 is 0. The molecule has 3 heteroatoms. The summed E-state index contributed by atoms with van der Waals surface area (Å²) < 4.78 is 7.71. The van der Waals surface area contributed by atoms with Crippen LogP contribution in [0.1, 0.15) is 31.2 Å². The average molecular weight is 209 g/mol. The van der Waals surface area contributed by atoms with Crippen LogP contribution in [0.2, 0.25) is 0 Å². The summed E-state index contributed by atoms with van der Waals surface area (Å²) in [7, 11) is 0. The molecular weight excluding hydrogens is 190 g/mol. The first-order valence-corrected chi connectivity index (χ1v) is 5.75. The predicted octanol–water partition coefficient (Wildman–Crippen LogP) is 1.94. The van der Waals surface area contributed by atoms with Gasteiger partial charge in [0.05, 0.1) is 12.7 Å². The zero-order valence-electron chi connectivity index (χ0n) is 9.06. The van der Waals surface area contributed by atoms with Gasteiger partial charge in [-0.25, -0.2) is 0 Å². The molecule has 84 valence electrons. The molecule has 1 unspecified atom stereocenters. The molecule has 15 heavy (non-hydrogen) atoms. The first-order valence-electron chi connectivity index (χ1n) is 5.75. The second-order valence-electron chi connectivity index (χ2n) is 4.19. The van der Waals surface area contributed by atoms with Gasteiger partial charge in [-0.15, -0.1) is 0 Å². The Bertz CT molecular complexity index is 290. The highest BCUT2D eigenvalue weighted by Crippen LogP contribution is 2.17. The van der Waals surface area contributed by atoms with Crippen LogP contribution in [0.5, 0.6) is 0 Å². The van der Waals surface area contributed by atoms with Crippen molar-refractivity contribution in [3.63, 3.8) is 0 Å². The van der Waals surface area contributed by atoms with E-state index < -0.39 is 0 Å². The van der Waals surface area contributed by atoms with Crippen LogP contribution in [-0.4, -0.2) is 22.4 Å². The monoisotopic (exact) mass is 209 g/mol. The van der Waals surface area contributed by atoms with E-state index in [1.54, 1.807) is 0 Å². The van der Waals surface area contributed by atoms with Gasteiger partial charge in [0.1, 0.15) is 0 Å². The highest BCUT2D eigenvalue weighted by Gasteiger charge is 2.14. The Labute approximate surface area is 90.7 Å². The third-order valence-corrected chi connectivity index (χ3v) is 2.96. The number of hydrogen-bond acceptors (Lipinski definition) is 2. The van der Waals surface area contributed by atoms with Crippen LogP contribution in [-0.2, 0) is 17.9 Å². The smallest absolute Gasteiger partial charge is 0.0696 e. The van der Waals surface area contributed by atoms with Gasteiger partial charge in [0.25, 0.3) is 0 Å². The van der Waals surface area contributed by atoms with E-state index in [1.807, 2.05) is 18.5 Å². The molecule has 1 N–H and O–H groups in total. The molecule has 0 spiro atoms. The van der Waals surface area contributed by atoms with Gasteiger partial charge in [-0.2, -0.15) is 0 Å². The zero-order chi connectivity index (χ0) is 10.5. The van der Waals surface area contributed by atoms with Crippen molar-refractivity contribution in [2.24, 2.45) is 0 Å². The fourth-order valence-electron chi connectivity index (χ4n) is 2.10. The van der Waals surface area contributed by atoms with Crippen molar-refractivity contribution in [2.45, 2.75) is 44.9 Å². The van der Waals surface area contributed by atoms with Crippen LogP contribution in [0, 0.1) is 0 Å². The lowest BCUT2D eigenvalue weighted by Gasteiger charge is -2.09. The fraction of sp³-hybridized carbons (Fsp3) is 0.667. The van der Waals surface area contributed by atoms with Crippen molar-refractivity contribution in [3.05, 3.63) is 24.0 Å². The summed E-state index contributed by atoms with van der Waals surface area (Å²) in [5, 5.41) is 8.92. The van der Waals surface area contributed by atoms with Crippen LogP contribution in [0.4, 0.5) is 0 Å². The van der Waals surface area contributed by atoms with Crippen molar-refractivity contribution in [2.75, 3.05) is 6.61 Å². The number of hydrogen-bond donors (Lipinski definition) is 1. The molecule has 1 aliphatic rings. The second kappa shape index (κ2) is 5.33. The third kappa shape index (κ3) is 3.08. The molecule has 1 atom stereocenters. The highest BCUT2D eigenvalue weighted by molar-refractivity contribution is 5.08. The largest absolute Gasteiger partial charge is 0.392 e. The molecule has 1 aliphatic heterocycles. The molecular formula is C12H19NO2. The van der Waals surface area contributed by atoms with E-state index in [4.69, 9.17) is 9.84 Å². The topological polar surface area (TPSA) is 34.4 Å². The van der Waals surface area contributed by atoms with E-state index in [9.17, 15) is 0 Å². The zero-order valence-corrected chi connectivity index (χ0v) is 9.06. The van der Waals surface area contributed by atoms with Gasteiger partial charge >= 0.3 is 0 Å². The number of aliphatic hydroxyl groups excluding tert-OH is 1. The Balaban J connectivity index is 1.68. The molecule has 2 heterocycles. The summed E-state index contributed by atoms with van der Waals surface area (Å²) in [5.74, 6) is 0. The minimum atomic E-state index is 0.138. The maximum atomic E-state index is 8.92. The molecule has 3 nitrogen and oxygen atoms in total. The molecule has 0 amide bonds. The summed E-state index contributed by atoms with van der Waals surface area (Å²) in [6.45, 7) is 2.11. The standard InChI is InChI=1S/C12H19NO2/c14-10-11-5-7-13(9-11)6-1-3-12-4-2-8-15-12/h5,7,9,12,14H,1-4,6,8,10H2. The molecule has 1 saturated heterocycles.